The average Bonchev–Trinajstić information content (AvgIpc) is 2.36. The maximum absolute atomic E-state index is 11.9. The Labute approximate surface area is 102 Å². The van der Waals surface area contributed by atoms with Gasteiger partial charge in [0, 0.05) is 7.05 Å². The van der Waals surface area contributed by atoms with E-state index in [1.165, 1.54) is 4.90 Å². The minimum Gasteiger partial charge on any atom is -0.328 e. The van der Waals surface area contributed by atoms with E-state index in [9.17, 15) is 4.79 Å². The molecule has 0 bridgehead atoms. The van der Waals surface area contributed by atoms with Crippen LogP contribution in [0.2, 0.25) is 0 Å². The summed E-state index contributed by atoms with van der Waals surface area (Å²) >= 11 is 0. The minimum atomic E-state index is -0.684. The molecule has 1 amide bonds. The van der Waals surface area contributed by atoms with Crippen LogP contribution in [0, 0.1) is 18.9 Å². The fraction of sp³-hybridized carbons (Fsp3) is 0.286. The van der Waals surface area contributed by atoms with Crippen LogP contribution in [0.25, 0.3) is 4.85 Å². The molecule has 1 rings (SSSR count). The van der Waals surface area contributed by atoms with Gasteiger partial charge in [-0.1, -0.05) is 36.3 Å². The van der Waals surface area contributed by atoms with E-state index in [0.717, 1.165) is 5.56 Å². The summed E-state index contributed by atoms with van der Waals surface area (Å²) in [7, 11) is 1.62. The summed E-state index contributed by atoms with van der Waals surface area (Å²) in [5.41, 5.74) is 0.982. The summed E-state index contributed by atoms with van der Waals surface area (Å²) < 4.78 is 0. The Morgan fingerprint density at radius 2 is 2.18 bits per heavy atom. The molecule has 0 aliphatic carbocycles. The molecule has 86 valence electrons. The molecule has 0 aromatic heterocycles. The van der Waals surface area contributed by atoms with Crippen molar-refractivity contribution in [3.63, 3.8) is 0 Å². The van der Waals surface area contributed by atoms with Crippen LogP contribution in [0.15, 0.2) is 30.3 Å². The third-order valence-electron chi connectivity index (χ3n) is 2.42. The molecule has 0 saturated heterocycles. The maximum Gasteiger partial charge on any atom is 0.306 e. The Morgan fingerprint density at radius 3 is 2.71 bits per heavy atom. The molecule has 1 aromatic rings. The second-order valence-electron chi connectivity index (χ2n) is 3.73. The van der Waals surface area contributed by atoms with Crippen LogP contribution in [0.5, 0.6) is 0 Å². The number of carbonyl (C=O) groups is 1. The van der Waals surface area contributed by atoms with E-state index < -0.39 is 6.04 Å². The molecule has 0 aliphatic rings. The maximum atomic E-state index is 11.9. The van der Waals surface area contributed by atoms with E-state index in [-0.39, 0.29) is 12.5 Å². The van der Waals surface area contributed by atoms with E-state index in [1.54, 1.807) is 7.05 Å². The van der Waals surface area contributed by atoms with Gasteiger partial charge in [0.15, 0.2) is 0 Å². The SMILES string of the molecule is [C-]#[N+]C(Cc1ccccc1)C(=O)N(C)CC#C. The molecular weight excluding hydrogens is 212 g/mol. The summed E-state index contributed by atoms with van der Waals surface area (Å²) in [4.78, 5) is 16.7. The third kappa shape index (κ3) is 3.66. The van der Waals surface area contributed by atoms with Gasteiger partial charge in [0.05, 0.1) is 13.0 Å². The van der Waals surface area contributed by atoms with Crippen LogP contribution < -0.4 is 0 Å². The normalized spacial score (nSPS) is 11.0. The number of benzene rings is 1. The van der Waals surface area contributed by atoms with Gasteiger partial charge in [-0.3, -0.25) is 4.79 Å². The fourth-order valence-corrected chi connectivity index (χ4v) is 1.49. The summed E-state index contributed by atoms with van der Waals surface area (Å²) in [5.74, 6) is 2.17. The number of amides is 1. The summed E-state index contributed by atoms with van der Waals surface area (Å²) in [5, 5.41) is 0. The average molecular weight is 226 g/mol. The minimum absolute atomic E-state index is 0.221. The molecule has 3 heteroatoms. The zero-order valence-electron chi connectivity index (χ0n) is 9.76. The van der Waals surface area contributed by atoms with E-state index in [0.29, 0.717) is 6.42 Å². The highest BCUT2D eigenvalue weighted by Crippen LogP contribution is 2.08. The van der Waals surface area contributed by atoms with Crippen LogP contribution >= 0.6 is 0 Å². The first kappa shape index (κ1) is 12.8. The van der Waals surface area contributed by atoms with Gasteiger partial charge in [0.1, 0.15) is 0 Å². The quantitative estimate of drug-likeness (QED) is 0.565. The summed E-state index contributed by atoms with van der Waals surface area (Å²) in [6.45, 7) is 7.33. The number of nitrogens with zero attached hydrogens (tertiary/aromatic N) is 2. The van der Waals surface area contributed by atoms with Crippen molar-refractivity contribution in [1.82, 2.24) is 4.90 Å². The lowest BCUT2D eigenvalue weighted by Gasteiger charge is -2.14. The molecule has 3 nitrogen and oxygen atoms in total. The van der Waals surface area contributed by atoms with E-state index >= 15 is 0 Å². The van der Waals surface area contributed by atoms with E-state index in [2.05, 4.69) is 10.8 Å². The first-order valence-corrected chi connectivity index (χ1v) is 5.28. The number of terminal acetylenes is 1. The fourth-order valence-electron chi connectivity index (χ4n) is 1.49. The molecule has 0 radical (unpaired) electrons. The van der Waals surface area contributed by atoms with E-state index in [4.69, 9.17) is 13.0 Å². The molecule has 1 aromatic carbocycles. The van der Waals surface area contributed by atoms with Crippen LogP contribution in [-0.4, -0.2) is 30.4 Å². The van der Waals surface area contributed by atoms with Gasteiger partial charge < -0.3 is 9.74 Å². The molecule has 0 spiro atoms. The highest BCUT2D eigenvalue weighted by molar-refractivity contribution is 5.83. The largest absolute Gasteiger partial charge is 0.328 e. The highest BCUT2D eigenvalue weighted by Gasteiger charge is 2.26. The van der Waals surface area contributed by atoms with Crippen LogP contribution in [0.3, 0.4) is 0 Å². The Balaban J connectivity index is 2.71. The van der Waals surface area contributed by atoms with Crippen molar-refractivity contribution in [3.8, 4) is 12.3 Å². The van der Waals surface area contributed by atoms with Gasteiger partial charge >= 0.3 is 11.9 Å². The van der Waals surface area contributed by atoms with Crippen LogP contribution in [0.1, 0.15) is 5.56 Å². The van der Waals surface area contributed by atoms with Crippen LogP contribution in [0.4, 0.5) is 0 Å². The molecule has 1 unspecified atom stereocenters. The Bertz CT molecular complexity index is 453. The van der Waals surface area contributed by atoms with Gasteiger partial charge in [-0.15, -0.1) is 6.42 Å². The molecule has 0 heterocycles. The van der Waals surface area contributed by atoms with Crippen LogP contribution in [-0.2, 0) is 11.2 Å². The van der Waals surface area contributed by atoms with Crippen molar-refractivity contribution < 1.29 is 4.79 Å². The first-order valence-electron chi connectivity index (χ1n) is 5.28. The standard InChI is InChI=1S/C14H14N2O/c1-4-10-16(3)14(17)13(15-2)11-12-8-6-5-7-9-12/h1,5-9,13H,10-11H2,3H3. The summed E-state index contributed by atoms with van der Waals surface area (Å²) in [6, 6.07) is 8.83. The second-order valence-corrected chi connectivity index (χ2v) is 3.73. The topological polar surface area (TPSA) is 24.7 Å². The number of carbonyl (C=O) groups excluding carboxylic acids is 1. The first-order chi connectivity index (χ1) is 8.19. The zero-order chi connectivity index (χ0) is 12.7. The van der Waals surface area contributed by atoms with E-state index in [1.807, 2.05) is 30.3 Å². The third-order valence-corrected chi connectivity index (χ3v) is 2.42. The van der Waals surface area contributed by atoms with Crippen molar-refractivity contribution in [2.45, 2.75) is 12.5 Å². The monoisotopic (exact) mass is 226 g/mol. The van der Waals surface area contributed by atoms with Crippen molar-refractivity contribution in [2.75, 3.05) is 13.6 Å². The Hall–Kier alpha value is -2.26. The van der Waals surface area contributed by atoms with Gasteiger partial charge in [0.2, 0.25) is 0 Å². The predicted octanol–water partition coefficient (Wildman–Crippen LogP) is 1.61. The number of hydrogen-bond donors (Lipinski definition) is 0. The van der Waals surface area contributed by atoms with Crippen molar-refractivity contribution in [1.29, 1.82) is 0 Å². The molecule has 0 N–H and O–H groups in total. The second kappa shape index (κ2) is 6.35. The number of rotatable bonds is 4. The predicted molar refractivity (Wildman–Crippen MR) is 67.0 cm³/mol. The Kier molecular flexibility index (Phi) is 4.78. The Morgan fingerprint density at radius 1 is 1.53 bits per heavy atom. The molecule has 0 aliphatic heterocycles. The van der Waals surface area contributed by atoms with Gasteiger partial charge in [-0.2, -0.15) is 0 Å². The smallest absolute Gasteiger partial charge is 0.306 e. The van der Waals surface area contributed by atoms with Crippen molar-refractivity contribution in [3.05, 3.63) is 47.3 Å². The molecule has 1 atom stereocenters. The van der Waals surface area contributed by atoms with Crippen molar-refractivity contribution in [2.24, 2.45) is 0 Å². The lowest BCUT2D eigenvalue weighted by atomic mass is 10.1. The molecule has 17 heavy (non-hydrogen) atoms. The molecular formula is C14H14N2O. The van der Waals surface area contributed by atoms with Crippen molar-refractivity contribution >= 4 is 5.91 Å². The van der Waals surface area contributed by atoms with Gasteiger partial charge in [0.25, 0.3) is 0 Å². The lowest BCUT2D eigenvalue weighted by molar-refractivity contribution is -0.129. The van der Waals surface area contributed by atoms with Gasteiger partial charge in [-0.05, 0) is 5.56 Å². The highest BCUT2D eigenvalue weighted by atomic mass is 16.2. The lowest BCUT2D eigenvalue weighted by Crippen LogP contribution is -2.36. The zero-order valence-corrected chi connectivity index (χ0v) is 9.76. The summed E-state index contributed by atoms with van der Waals surface area (Å²) in [6.07, 6.45) is 5.57. The molecule has 0 fully saturated rings. The van der Waals surface area contributed by atoms with Gasteiger partial charge in [-0.25, -0.2) is 6.57 Å². The molecule has 0 saturated carbocycles. The number of hydrogen-bond acceptors (Lipinski definition) is 1. The number of likely N-dealkylation sites (N-methyl/N-ethyl adjacent to an activating group) is 1.